The summed E-state index contributed by atoms with van der Waals surface area (Å²) in [4.78, 5) is 3.67. The largest absolute Gasteiger partial charge is 1.00 e. The topological polar surface area (TPSA) is 15.8 Å². The highest BCUT2D eigenvalue weighted by atomic mass is 79.9. The fourth-order valence-electron chi connectivity index (χ4n) is 4.68. The number of hydrogen-bond acceptors (Lipinski definition) is 0. The van der Waals surface area contributed by atoms with E-state index in [1.54, 1.807) is 0 Å². The zero-order valence-electron chi connectivity index (χ0n) is 15.9. The third kappa shape index (κ3) is 3.65. The van der Waals surface area contributed by atoms with E-state index < -0.39 is 0 Å². The van der Waals surface area contributed by atoms with E-state index >= 15 is 0 Å². The van der Waals surface area contributed by atoms with E-state index in [2.05, 4.69) is 89.9 Å². The highest BCUT2D eigenvalue weighted by Crippen LogP contribution is 2.34. The molecule has 1 aliphatic heterocycles. The van der Waals surface area contributed by atoms with E-state index in [1.165, 1.54) is 39.8 Å². The fourth-order valence-corrected chi connectivity index (χ4v) is 4.68. The van der Waals surface area contributed by atoms with Crippen LogP contribution in [0.1, 0.15) is 22.4 Å². The molecule has 5 rings (SSSR count). The van der Waals surface area contributed by atoms with Gasteiger partial charge in [-0.05, 0) is 6.07 Å². The summed E-state index contributed by atoms with van der Waals surface area (Å²) in [5, 5.41) is 1.40. The predicted molar refractivity (Wildman–Crippen MR) is 111 cm³/mol. The zero-order chi connectivity index (χ0) is 18.1. The molecular weight excluding hydrogens is 408 g/mol. The summed E-state index contributed by atoms with van der Waals surface area (Å²) in [5.41, 5.74) is 7.09. The number of nitrogens with one attached hydrogen (secondary N) is 1. The quantitative estimate of drug-likeness (QED) is 0.476. The van der Waals surface area contributed by atoms with Crippen LogP contribution in [-0.4, -0.2) is 16.0 Å². The molecule has 0 unspecified atom stereocenters. The Bertz CT molecular complexity index is 1010. The molecule has 1 aromatic heterocycles. The molecule has 0 bridgehead atoms. The Morgan fingerprint density at radius 3 is 1.93 bits per heavy atom. The monoisotopic (exact) mass is 432 g/mol. The maximum atomic E-state index is 3.67. The molecule has 4 aromatic rings. The van der Waals surface area contributed by atoms with Gasteiger partial charge in [0.1, 0.15) is 19.6 Å². The summed E-state index contributed by atoms with van der Waals surface area (Å²) in [6.45, 7) is 4.41. The van der Waals surface area contributed by atoms with Crippen LogP contribution in [-0.2, 0) is 26.1 Å². The number of para-hydroxylation sites is 1. The van der Waals surface area contributed by atoms with Crippen molar-refractivity contribution in [1.29, 1.82) is 0 Å². The first kappa shape index (κ1) is 19.0. The van der Waals surface area contributed by atoms with Gasteiger partial charge in [-0.2, -0.15) is 0 Å². The van der Waals surface area contributed by atoms with Gasteiger partial charge in [-0.3, -0.25) is 0 Å². The first-order valence-electron chi connectivity index (χ1n) is 9.83. The lowest BCUT2D eigenvalue weighted by molar-refractivity contribution is -0.967. The Kier molecular flexibility index (Phi) is 5.38. The van der Waals surface area contributed by atoms with Crippen molar-refractivity contribution in [3.63, 3.8) is 0 Å². The van der Waals surface area contributed by atoms with Gasteiger partial charge in [-0.25, -0.2) is 0 Å². The first-order valence-corrected chi connectivity index (χ1v) is 9.83. The molecule has 3 heteroatoms. The lowest BCUT2D eigenvalue weighted by atomic mass is 9.99. The highest BCUT2D eigenvalue weighted by molar-refractivity contribution is 5.84. The lowest BCUT2D eigenvalue weighted by Gasteiger charge is -2.42. The maximum absolute atomic E-state index is 3.67. The molecule has 1 aliphatic rings. The van der Waals surface area contributed by atoms with Crippen molar-refractivity contribution < 1.29 is 21.5 Å². The predicted octanol–water partition coefficient (Wildman–Crippen LogP) is 2.45. The van der Waals surface area contributed by atoms with Crippen LogP contribution in [0.5, 0.6) is 0 Å². The van der Waals surface area contributed by atoms with E-state index in [4.69, 9.17) is 0 Å². The summed E-state index contributed by atoms with van der Waals surface area (Å²) in [5.74, 6) is 0. The second-order valence-corrected chi connectivity index (χ2v) is 7.89. The van der Waals surface area contributed by atoms with Crippen LogP contribution in [0, 0.1) is 0 Å². The van der Waals surface area contributed by atoms with Gasteiger partial charge < -0.3 is 26.4 Å². The number of quaternary nitrogens is 1. The Morgan fingerprint density at radius 1 is 0.714 bits per heavy atom. The summed E-state index contributed by atoms with van der Waals surface area (Å²) in [6, 6.07) is 30.7. The molecule has 0 fully saturated rings. The van der Waals surface area contributed by atoms with E-state index in [1.807, 2.05) is 0 Å². The SMILES string of the molecule is [Br-].c1ccc(C[N+]2(Cc3ccccc3)CCc3[nH]c4ccccc4c3C2)cc1. The smallest absolute Gasteiger partial charge is 0.107 e. The zero-order valence-corrected chi connectivity index (χ0v) is 17.5. The van der Waals surface area contributed by atoms with Crippen LogP contribution in [0.2, 0.25) is 0 Å². The molecule has 0 saturated carbocycles. The van der Waals surface area contributed by atoms with Gasteiger partial charge in [0.05, 0.1) is 6.54 Å². The molecule has 1 N–H and O–H groups in total. The number of halogens is 1. The van der Waals surface area contributed by atoms with E-state index in [9.17, 15) is 0 Å². The molecule has 0 spiro atoms. The molecule has 0 atom stereocenters. The summed E-state index contributed by atoms with van der Waals surface area (Å²) in [7, 11) is 0. The van der Waals surface area contributed by atoms with Crippen LogP contribution in [0.4, 0.5) is 0 Å². The lowest BCUT2D eigenvalue weighted by Crippen LogP contribution is -3.00. The molecule has 3 aromatic carbocycles. The minimum absolute atomic E-state index is 0. The van der Waals surface area contributed by atoms with Crippen molar-refractivity contribution in [3.8, 4) is 0 Å². The Labute approximate surface area is 177 Å². The molecule has 2 nitrogen and oxygen atoms in total. The number of aromatic amines is 1. The third-order valence-corrected chi connectivity index (χ3v) is 5.95. The van der Waals surface area contributed by atoms with Crippen molar-refractivity contribution >= 4 is 10.9 Å². The molecule has 142 valence electrons. The first-order chi connectivity index (χ1) is 13.3. The Morgan fingerprint density at radius 2 is 1.29 bits per heavy atom. The molecule has 2 heterocycles. The molecule has 28 heavy (non-hydrogen) atoms. The van der Waals surface area contributed by atoms with Gasteiger partial charge >= 0.3 is 0 Å². The number of aromatic nitrogens is 1. The Balaban J connectivity index is 0.00000192. The summed E-state index contributed by atoms with van der Waals surface area (Å²) in [6.07, 6.45) is 1.11. The van der Waals surface area contributed by atoms with Gasteiger partial charge in [-0.1, -0.05) is 78.9 Å². The van der Waals surface area contributed by atoms with Crippen LogP contribution < -0.4 is 17.0 Å². The van der Waals surface area contributed by atoms with Crippen LogP contribution >= 0.6 is 0 Å². The van der Waals surface area contributed by atoms with Crippen molar-refractivity contribution in [3.05, 3.63) is 107 Å². The second kappa shape index (κ2) is 7.94. The van der Waals surface area contributed by atoms with Gasteiger partial charge in [0.25, 0.3) is 0 Å². The number of rotatable bonds is 4. The van der Waals surface area contributed by atoms with Gasteiger partial charge in [0.15, 0.2) is 0 Å². The number of fused-ring (bicyclic) bond motifs is 3. The second-order valence-electron chi connectivity index (χ2n) is 7.89. The van der Waals surface area contributed by atoms with Crippen LogP contribution in [0.25, 0.3) is 10.9 Å². The average Bonchev–Trinajstić information content (AvgIpc) is 3.07. The Hall–Kier alpha value is -2.36. The average molecular weight is 433 g/mol. The molecule has 0 saturated heterocycles. The normalized spacial score (nSPS) is 15.0. The summed E-state index contributed by atoms with van der Waals surface area (Å²) < 4.78 is 1.09. The number of hydrogen-bond donors (Lipinski definition) is 1. The van der Waals surface area contributed by atoms with Crippen LogP contribution in [0.15, 0.2) is 84.9 Å². The number of benzene rings is 3. The van der Waals surface area contributed by atoms with E-state index in [-0.39, 0.29) is 17.0 Å². The van der Waals surface area contributed by atoms with Gasteiger partial charge in [0, 0.05) is 39.7 Å². The minimum atomic E-state index is 0. The van der Waals surface area contributed by atoms with Gasteiger partial charge in [0.2, 0.25) is 0 Å². The number of H-pyrrole nitrogens is 1. The van der Waals surface area contributed by atoms with Crippen molar-refractivity contribution in [2.24, 2.45) is 0 Å². The number of nitrogens with zero attached hydrogens (tertiary/aromatic N) is 1. The molecule has 0 radical (unpaired) electrons. The third-order valence-electron chi connectivity index (χ3n) is 5.95. The molecule has 0 amide bonds. The minimum Gasteiger partial charge on any atom is -1.00 e. The fraction of sp³-hybridized carbons (Fsp3) is 0.200. The van der Waals surface area contributed by atoms with Gasteiger partial charge in [-0.15, -0.1) is 0 Å². The summed E-state index contributed by atoms with van der Waals surface area (Å²) >= 11 is 0. The van der Waals surface area contributed by atoms with Crippen molar-refractivity contribution in [2.75, 3.05) is 6.54 Å². The maximum Gasteiger partial charge on any atom is 0.107 e. The standard InChI is InChI=1S/C25H25N2.BrH/c1-3-9-20(10-4-1)17-27(18-21-11-5-2-6-12-21)16-15-25-23(19-27)22-13-7-8-14-24(22)26-25;/h1-14,26H,15-19H2;1H/q+1;/p-1. The molecule has 0 aliphatic carbocycles. The van der Waals surface area contributed by atoms with E-state index in [0.717, 1.165) is 30.5 Å². The highest BCUT2D eigenvalue weighted by Gasteiger charge is 2.35. The van der Waals surface area contributed by atoms with Crippen LogP contribution in [0.3, 0.4) is 0 Å². The van der Waals surface area contributed by atoms with Crippen molar-refractivity contribution in [2.45, 2.75) is 26.1 Å². The molecular formula is C25H25BrN2. The van der Waals surface area contributed by atoms with Crippen molar-refractivity contribution in [1.82, 2.24) is 4.98 Å². The van der Waals surface area contributed by atoms with E-state index in [0.29, 0.717) is 0 Å².